The van der Waals surface area contributed by atoms with E-state index in [1.807, 2.05) is 19.1 Å². The molecule has 1 unspecified atom stereocenters. The smallest absolute Gasteiger partial charge is 0.264 e. The van der Waals surface area contributed by atoms with Crippen molar-refractivity contribution in [2.45, 2.75) is 37.6 Å². The van der Waals surface area contributed by atoms with Crippen molar-refractivity contribution in [3.8, 4) is 0 Å². The fourth-order valence-electron chi connectivity index (χ4n) is 3.86. The number of aryl methyl sites for hydroxylation is 1. The summed E-state index contributed by atoms with van der Waals surface area (Å²) in [6.07, 6.45) is 2.29. The maximum Gasteiger partial charge on any atom is 0.264 e. The Labute approximate surface area is 173 Å². The molecule has 0 aliphatic carbocycles. The quantitative estimate of drug-likeness (QED) is 0.721. The third-order valence-electron chi connectivity index (χ3n) is 5.74. The van der Waals surface area contributed by atoms with Crippen LogP contribution in [0.4, 0.5) is 5.69 Å². The lowest BCUT2D eigenvalue weighted by Crippen LogP contribution is -3.14. The van der Waals surface area contributed by atoms with E-state index in [-0.39, 0.29) is 10.8 Å². The van der Waals surface area contributed by atoms with E-state index >= 15 is 0 Å². The zero-order chi connectivity index (χ0) is 21.0. The molecule has 2 atom stereocenters. The molecular weight excluding hydrogens is 386 g/mol. The van der Waals surface area contributed by atoms with Gasteiger partial charge in [-0.2, -0.15) is 0 Å². The van der Waals surface area contributed by atoms with Crippen LogP contribution in [0.2, 0.25) is 0 Å². The number of likely N-dealkylation sites (N-methyl/N-ethyl adjacent to an activating group) is 1. The lowest BCUT2D eigenvalue weighted by molar-refractivity contribution is -0.909. The molecule has 6 nitrogen and oxygen atoms in total. The molecule has 1 saturated heterocycles. The van der Waals surface area contributed by atoms with E-state index in [9.17, 15) is 13.2 Å². The van der Waals surface area contributed by atoms with Crippen LogP contribution in [0.25, 0.3) is 0 Å². The molecule has 1 aliphatic rings. The predicted octanol–water partition coefficient (Wildman–Crippen LogP) is 1.62. The van der Waals surface area contributed by atoms with Gasteiger partial charge in [0.15, 0.2) is 0 Å². The molecule has 0 saturated carbocycles. The molecule has 7 heteroatoms. The number of anilines is 1. The van der Waals surface area contributed by atoms with E-state index < -0.39 is 10.0 Å². The van der Waals surface area contributed by atoms with Crippen LogP contribution in [-0.4, -0.2) is 47.0 Å². The van der Waals surface area contributed by atoms with Gasteiger partial charge in [0.1, 0.15) is 6.04 Å². The Balaban J connectivity index is 1.74. The molecule has 0 aromatic heterocycles. The van der Waals surface area contributed by atoms with E-state index in [0.717, 1.165) is 25.1 Å². The van der Waals surface area contributed by atoms with Crippen LogP contribution in [0.1, 0.15) is 35.7 Å². The highest BCUT2D eigenvalue weighted by Gasteiger charge is 2.27. The second-order valence-corrected chi connectivity index (χ2v) is 9.62. The number of carbonyl (C=O) groups is 1. The summed E-state index contributed by atoms with van der Waals surface area (Å²) in [6, 6.07) is 14.0. The first-order valence-corrected chi connectivity index (χ1v) is 11.6. The zero-order valence-electron chi connectivity index (χ0n) is 17.3. The lowest BCUT2D eigenvalue weighted by atomic mass is 10.2. The Kier molecular flexibility index (Phi) is 6.59. The summed E-state index contributed by atoms with van der Waals surface area (Å²) in [5.41, 5.74) is 2.00. The Morgan fingerprint density at radius 3 is 2.62 bits per heavy atom. The number of hydrogen-bond acceptors (Lipinski definition) is 3. The SMILES string of the molecule is CC[NH+]1CCC[C@H]1CNC(=O)c1cccc(S(=O)(=O)N(C)c2ccc(C)cc2)c1. The van der Waals surface area contributed by atoms with E-state index in [1.54, 1.807) is 24.3 Å². The first-order chi connectivity index (χ1) is 13.8. The molecule has 2 aromatic carbocycles. The van der Waals surface area contributed by atoms with Crippen LogP contribution in [0.5, 0.6) is 0 Å². The van der Waals surface area contributed by atoms with Gasteiger partial charge in [0.05, 0.1) is 30.2 Å². The van der Waals surface area contributed by atoms with E-state index in [4.69, 9.17) is 0 Å². The van der Waals surface area contributed by atoms with E-state index in [2.05, 4.69) is 12.2 Å². The van der Waals surface area contributed by atoms with Crippen molar-refractivity contribution < 1.29 is 18.1 Å². The minimum atomic E-state index is -3.76. The number of carbonyl (C=O) groups excluding carboxylic acids is 1. The molecule has 1 amide bonds. The third kappa shape index (κ3) is 4.79. The first kappa shape index (κ1) is 21.3. The van der Waals surface area contributed by atoms with Crippen LogP contribution in [0.3, 0.4) is 0 Å². The number of quaternary nitrogens is 1. The van der Waals surface area contributed by atoms with Crippen LogP contribution in [0.15, 0.2) is 53.4 Å². The number of rotatable bonds is 7. The molecule has 2 N–H and O–H groups in total. The van der Waals surface area contributed by atoms with Gasteiger partial charge >= 0.3 is 0 Å². The van der Waals surface area contributed by atoms with Crippen molar-refractivity contribution in [3.63, 3.8) is 0 Å². The molecule has 2 aromatic rings. The van der Waals surface area contributed by atoms with Crippen LogP contribution in [-0.2, 0) is 10.0 Å². The van der Waals surface area contributed by atoms with E-state index in [1.165, 1.54) is 34.8 Å². The van der Waals surface area contributed by atoms with Crippen LogP contribution in [0, 0.1) is 6.92 Å². The monoisotopic (exact) mass is 416 g/mol. The van der Waals surface area contributed by atoms with Gasteiger partial charge in [-0.3, -0.25) is 9.10 Å². The Bertz CT molecular complexity index is 958. The number of amides is 1. The van der Waals surface area contributed by atoms with Crippen molar-refractivity contribution in [1.29, 1.82) is 0 Å². The lowest BCUT2D eigenvalue weighted by Gasteiger charge is -2.21. The van der Waals surface area contributed by atoms with Gasteiger partial charge in [-0.15, -0.1) is 0 Å². The Morgan fingerprint density at radius 2 is 1.93 bits per heavy atom. The van der Waals surface area contributed by atoms with Gasteiger partial charge in [-0.25, -0.2) is 8.42 Å². The summed E-state index contributed by atoms with van der Waals surface area (Å²) in [6.45, 7) is 6.93. The average molecular weight is 417 g/mol. The van der Waals surface area contributed by atoms with Gasteiger partial charge in [-0.05, 0) is 44.2 Å². The van der Waals surface area contributed by atoms with Gasteiger partial charge in [0.25, 0.3) is 15.9 Å². The summed E-state index contributed by atoms with van der Waals surface area (Å²) in [5, 5.41) is 2.98. The number of sulfonamides is 1. The summed E-state index contributed by atoms with van der Waals surface area (Å²) < 4.78 is 27.3. The molecule has 1 heterocycles. The third-order valence-corrected chi connectivity index (χ3v) is 7.52. The molecule has 156 valence electrons. The number of likely N-dealkylation sites (tertiary alicyclic amines) is 1. The van der Waals surface area contributed by atoms with Crippen LogP contribution < -0.4 is 14.5 Å². The minimum absolute atomic E-state index is 0.106. The standard InChI is InChI=1S/C22H29N3O3S/c1-4-25-14-6-8-20(25)16-23-22(26)18-7-5-9-21(15-18)29(27,28)24(3)19-12-10-17(2)11-13-19/h5,7,9-13,15,20H,4,6,8,14,16H2,1-3H3,(H,23,26)/p+1/t20-/m0/s1. The number of benzene rings is 2. The summed E-state index contributed by atoms with van der Waals surface area (Å²) in [4.78, 5) is 14.2. The highest BCUT2D eigenvalue weighted by molar-refractivity contribution is 7.92. The molecule has 1 fully saturated rings. The van der Waals surface area contributed by atoms with Crippen molar-refractivity contribution in [2.24, 2.45) is 0 Å². The van der Waals surface area contributed by atoms with Gasteiger partial charge < -0.3 is 10.2 Å². The number of nitrogens with one attached hydrogen (secondary N) is 2. The molecular formula is C22H30N3O3S+. The summed E-state index contributed by atoms with van der Waals surface area (Å²) in [5.74, 6) is -0.234. The summed E-state index contributed by atoms with van der Waals surface area (Å²) >= 11 is 0. The fourth-order valence-corrected chi connectivity index (χ4v) is 5.10. The second kappa shape index (κ2) is 8.97. The highest BCUT2D eigenvalue weighted by atomic mass is 32.2. The zero-order valence-corrected chi connectivity index (χ0v) is 18.1. The minimum Gasteiger partial charge on any atom is -0.346 e. The Hall–Kier alpha value is -2.38. The Morgan fingerprint density at radius 1 is 1.21 bits per heavy atom. The van der Waals surface area contributed by atoms with Crippen molar-refractivity contribution in [1.82, 2.24) is 5.32 Å². The second-order valence-electron chi connectivity index (χ2n) is 7.65. The molecule has 3 rings (SSSR count). The van der Waals surface area contributed by atoms with Gasteiger partial charge in [0.2, 0.25) is 0 Å². The van der Waals surface area contributed by atoms with Crippen molar-refractivity contribution >= 4 is 21.6 Å². The van der Waals surface area contributed by atoms with Crippen LogP contribution >= 0.6 is 0 Å². The molecule has 1 aliphatic heterocycles. The molecule has 0 radical (unpaired) electrons. The number of hydrogen-bond donors (Lipinski definition) is 2. The van der Waals surface area contributed by atoms with E-state index in [0.29, 0.717) is 23.8 Å². The molecule has 29 heavy (non-hydrogen) atoms. The summed E-state index contributed by atoms with van der Waals surface area (Å²) in [7, 11) is -2.23. The normalized spacial score (nSPS) is 19.1. The highest BCUT2D eigenvalue weighted by Crippen LogP contribution is 2.23. The maximum atomic E-state index is 13.0. The maximum absolute atomic E-state index is 13.0. The molecule has 0 bridgehead atoms. The first-order valence-electron chi connectivity index (χ1n) is 10.1. The molecule has 0 spiro atoms. The average Bonchev–Trinajstić information content (AvgIpc) is 3.19. The number of nitrogens with zero attached hydrogens (tertiary/aromatic N) is 1. The predicted molar refractivity (Wildman–Crippen MR) is 115 cm³/mol. The van der Waals surface area contributed by atoms with Crippen molar-refractivity contribution in [3.05, 3.63) is 59.7 Å². The fraction of sp³-hybridized carbons (Fsp3) is 0.409. The van der Waals surface area contributed by atoms with Crippen molar-refractivity contribution in [2.75, 3.05) is 31.0 Å². The van der Waals surface area contributed by atoms with Gasteiger partial charge in [-0.1, -0.05) is 23.8 Å². The topological polar surface area (TPSA) is 70.9 Å². The van der Waals surface area contributed by atoms with Gasteiger partial charge in [0, 0.05) is 25.5 Å². The largest absolute Gasteiger partial charge is 0.346 e.